The van der Waals surface area contributed by atoms with Crippen LogP contribution in [0.2, 0.25) is 0 Å². The highest BCUT2D eigenvalue weighted by molar-refractivity contribution is 7.90. The van der Waals surface area contributed by atoms with Crippen molar-refractivity contribution in [2.45, 2.75) is 37.3 Å². The van der Waals surface area contributed by atoms with Crippen molar-refractivity contribution in [3.05, 3.63) is 53.3 Å². The number of nitriles is 1. The van der Waals surface area contributed by atoms with E-state index >= 15 is 0 Å². The molecule has 1 atom stereocenters. The number of fused-ring (bicyclic) bond motifs is 1. The van der Waals surface area contributed by atoms with Crippen LogP contribution in [0.25, 0.3) is 0 Å². The molecule has 8 heteroatoms. The summed E-state index contributed by atoms with van der Waals surface area (Å²) in [6.45, 7) is 1.80. The van der Waals surface area contributed by atoms with Gasteiger partial charge in [-0.1, -0.05) is 17.7 Å². The van der Waals surface area contributed by atoms with E-state index in [0.29, 0.717) is 5.56 Å². The third-order valence-corrected chi connectivity index (χ3v) is 6.40. The van der Waals surface area contributed by atoms with Gasteiger partial charge in [-0.25, -0.2) is 12.4 Å². The molecule has 0 saturated carbocycles. The summed E-state index contributed by atoms with van der Waals surface area (Å²) in [7, 11) is -4.02. The first-order valence-corrected chi connectivity index (χ1v) is 9.04. The van der Waals surface area contributed by atoms with E-state index in [1.165, 1.54) is 30.5 Å². The Morgan fingerprint density at radius 1 is 1.20 bits per heavy atom. The Kier molecular flexibility index (Phi) is 3.95. The average molecular weight is 368 g/mol. The average Bonchev–Trinajstić information content (AvgIpc) is 2.97. The Hall–Kier alpha value is -2.27. The fourth-order valence-electron chi connectivity index (χ4n) is 3.08. The molecule has 132 valence electrons. The minimum absolute atomic E-state index is 0.00311. The van der Waals surface area contributed by atoms with Crippen molar-refractivity contribution in [3.8, 4) is 6.07 Å². The lowest BCUT2D eigenvalue weighted by Crippen LogP contribution is -2.42. The third-order valence-electron chi connectivity index (χ3n) is 4.67. The second kappa shape index (κ2) is 5.63. The molecule has 1 aliphatic rings. The Morgan fingerprint density at radius 3 is 2.40 bits per heavy atom. The number of alkyl halides is 3. The molecule has 0 bridgehead atoms. The number of benzene rings is 1. The van der Waals surface area contributed by atoms with Crippen LogP contribution in [0.3, 0.4) is 0 Å². The first kappa shape index (κ1) is 17.5. The molecule has 0 fully saturated rings. The van der Waals surface area contributed by atoms with Gasteiger partial charge in [-0.2, -0.15) is 18.4 Å². The first-order chi connectivity index (χ1) is 11.6. The zero-order valence-electron chi connectivity index (χ0n) is 13.3. The monoisotopic (exact) mass is 368 g/mol. The molecular weight excluding hydrogens is 353 g/mol. The highest BCUT2D eigenvalue weighted by Crippen LogP contribution is 2.47. The first-order valence-electron chi connectivity index (χ1n) is 7.60. The summed E-state index contributed by atoms with van der Waals surface area (Å²) in [4.78, 5) is -0.00311. The van der Waals surface area contributed by atoms with E-state index in [4.69, 9.17) is 5.26 Å². The van der Waals surface area contributed by atoms with Crippen LogP contribution in [0, 0.1) is 23.7 Å². The zero-order valence-corrected chi connectivity index (χ0v) is 14.2. The summed E-state index contributed by atoms with van der Waals surface area (Å²) in [5, 5.41) is 9.15. The minimum atomic E-state index is -4.72. The lowest BCUT2D eigenvalue weighted by atomic mass is 9.74. The summed E-state index contributed by atoms with van der Waals surface area (Å²) >= 11 is 0. The van der Waals surface area contributed by atoms with Crippen LogP contribution in [0.4, 0.5) is 13.2 Å². The molecule has 0 saturated heterocycles. The zero-order chi connectivity index (χ0) is 18.5. The molecule has 1 aromatic carbocycles. The quantitative estimate of drug-likeness (QED) is 0.814. The number of halogens is 3. The Morgan fingerprint density at radius 2 is 1.84 bits per heavy atom. The fraction of sp³-hybridized carbons (Fsp3) is 0.353. The van der Waals surface area contributed by atoms with Gasteiger partial charge in [0.25, 0.3) is 10.0 Å². The standard InChI is InChI=1S/C17H15F3N2O2S/c1-12-2-4-14(5-3-12)25(23,24)22-9-7-13-6-8-16(11-21,10-15(13)22)17(18,19)20/h2-5,7,9H,6,8,10H2,1H3/t16-/m1/s1. The third kappa shape index (κ3) is 2.72. The van der Waals surface area contributed by atoms with Crippen molar-refractivity contribution in [1.82, 2.24) is 3.97 Å². The smallest absolute Gasteiger partial charge is 0.246 e. The van der Waals surface area contributed by atoms with E-state index in [-0.39, 0.29) is 23.4 Å². The van der Waals surface area contributed by atoms with Crippen molar-refractivity contribution in [2.75, 3.05) is 0 Å². The molecular formula is C17H15F3N2O2S. The molecule has 0 radical (unpaired) electrons. The van der Waals surface area contributed by atoms with Gasteiger partial charge in [0.1, 0.15) is 0 Å². The summed E-state index contributed by atoms with van der Waals surface area (Å²) in [6.07, 6.45) is -4.47. The number of rotatable bonds is 2. The Balaban J connectivity index is 2.10. The molecule has 0 spiro atoms. The maximum Gasteiger partial charge on any atom is 0.407 e. The van der Waals surface area contributed by atoms with Gasteiger partial charge >= 0.3 is 6.18 Å². The van der Waals surface area contributed by atoms with Crippen molar-refractivity contribution in [1.29, 1.82) is 5.26 Å². The molecule has 1 heterocycles. The molecule has 2 aromatic rings. The molecule has 25 heavy (non-hydrogen) atoms. The number of aromatic nitrogens is 1. The maximum absolute atomic E-state index is 13.4. The molecule has 0 unspecified atom stereocenters. The predicted molar refractivity (Wildman–Crippen MR) is 84.3 cm³/mol. The van der Waals surface area contributed by atoms with Crippen LogP contribution >= 0.6 is 0 Å². The minimum Gasteiger partial charge on any atom is -0.246 e. The van der Waals surface area contributed by atoms with Crippen LogP contribution in [0.15, 0.2) is 41.4 Å². The van der Waals surface area contributed by atoms with Crippen molar-refractivity contribution >= 4 is 10.0 Å². The van der Waals surface area contributed by atoms with Gasteiger partial charge in [-0.3, -0.25) is 0 Å². The molecule has 0 amide bonds. The van der Waals surface area contributed by atoms with Crippen LogP contribution in [0.1, 0.15) is 23.2 Å². The fourth-order valence-corrected chi connectivity index (χ4v) is 4.48. The predicted octanol–water partition coefficient (Wildman–Crippen LogP) is 3.59. The molecule has 1 aromatic heterocycles. The largest absolute Gasteiger partial charge is 0.407 e. The summed E-state index contributed by atoms with van der Waals surface area (Å²) in [6, 6.07) is 8.98. The molecule has 3 rings (SSSR count). The lowest BCUT2D eigenvalue weighted by Gasteiger charge is -2.33. The van der Waals surface area contributed by atoms with Crippen molar-refractivity contribution < 1.29 is 21.6 Å². The van der Waals surface area contributed by atoms with Crippen LogP contribution < -0.4 is 0 Å². The molecule has 0 aliphatic heterocycles. The number of nitrogens with zero attached hydrogens (tertiary/aromatic N) is 2. The van der Waals surface area contributed by atoms with Gasteiger partial charge in [0.15, 0.2) is 5.41 Å². The van der Waals surface area contributed by atoms with Gasteiger partial charge < -0.3 is 0 Å². The van der Waals surface area contributed by atoms with Crippen LogP contribution in [-0.4, -0.2) is 18.6 Å². The second-order valence-electron chi connectivity index (χ2n) is 6.27. The summed E-state index contributed by atoms with van der Waals surface area (Å²) in [5.74, 6) is 0. The molecule has 4 nitrogen and oxygen atoms in total. The van der Waals surface area contributed by atoms with E-state index < -0.39 is 28.0 Å². The summed E-state index contributed by atoms with van der Waals surface area (Å²) in [5.41, 5.74) is -1.12. The van der Waals surface area contributed by atoms with Gasteiger partial charge in [0.2, 0.25) is 0 Å². The van der Waals surface area contributed by atoms with Gasteiger partial charge in [0.05, 0.1) is 11.0 Å². The maximum atomic E-state index is 13.4. The van der Waals surface area contributed by atoms with Crippen LogP contribution in [0.5, 0.6) is 0 Å². The molecule has 0 N–H and O–H groups in total. The van der Waals surface area contributed by atoms with Crippen LogP contribution in [-0.2, 0) is 22.9 Å². The van der Waals surface area contributed by atoms with Crippen molar-refractivity contribution in [2.24, 2.45) is 5.41 Å². The number of hydrogen-bond donors (Lipinski definition) is 0. The SMILES string of the molecule is Cc1ccc(S(=O)(=O)n2ccc3c2C[C@](C#N)(C(F)(F)F)CC3)cc1. The summed E-state index contributed by atoms with van der Waals surface area (Å²) < 4.78 is 66.8. The second-order valence-corrected chi connectivity index (χ2v) is 8.08. The number of hydrogen-bond acceptors (Lipinski definition) is 3. The highest BCUT2D eigenvalue weighted by atomic mass is 32.2. The van der Waals surface area contributed by atoms with E-state index in [2.05, 4.69) is 0 Å². The Labute approximate surface area is 143 Å². The van der Waals surface area contributed by atoms with E-state index in [9.17, 15) is 21.6 Å². The normalized spacial score (nSPS) is 20.8. The van der Waals surface area contributed by atoms with Gasteiger partial charge in [-0.05, 0) is 43.5 Å². The van der Waals surface area contributed by atoms with Crippen molar-refractivity contribution in [3.63, 3.8) is 0 Å². The number of aryl methyl sites for hydroxylation is 2. The topological polar surface area (TPSA) is 62.9 Å². The lowest BCUT2D eigenvalue weighted by molar-refractivity contribution is -0.206. The Bertz CT molecular complexity index is 953. The van der Waals surface area contributed by atoms with E-state index in [1.807, 2.05) is 0 Å². The highest BCUT2D eigenvalue weighted by Gasteiger charge is 2.57. The molecule has 1 aliphatic carbocycles. The van der Waals surface area contributed by atoms with Gasteiger partial charge in [0, 0.05) is 18.3 Å². The van der Waals surface area contributed by atoms with Gasteiger partial charge in [-0.15, -0.1) is 0 Å². The van der Waals surface area contributed by atoms with E-state index in [1.54, 1.807) is 19.1 Å². The van der Waals surface area contributed by atoms with E-state index in [0.717, 1.165) is 9.54 Å².